The molecule has 2 aromatic rings. The first-order valence-electron chi connectivity index (χ1n) is 7.16. The van der Waals surface area contributed by atoms with Crippen molar-refractivity contribution in [3.05, 3.63) is 59.2 Å². The van der Waals surface area contributed by atoms with Crippen LogP contribution in [0.4, 0.5) is 0 Å². The molecule has 0 atom stereocenters. The number of benzene rings is 2. The van der Waals surface area contributed by atoms with E-state index in [2.05, 4.69) is 0 Å². The summed E-state index contributed by atoms with van der Waals surface area (Å²) in [5.41, 5.74) is 1.08. The maximum atomic E-state index is 12.4. The Morgan fingerprint density at radius 3 is 2.04 bits per heavy atom. The van der Waals surface area contributed by atoms with Gasteiger partial charge in [0, 0.05) is 5.56 Å². The van der Waals surface area contributed by atoms with Gasteiger partial charge >= 0.3 is 0 Å². The van der Waals surface area contributed by atoms with E-state index in [-0.39, 0.29) is 11.4 Å². The van der Waals surface area contributed by atoms with E-state index in [1.165, 1.54) is 27.4 Å². The standard InChI is InChI=1S/C19H17NO4/c1-22-16-10-13(11-17(23-2)19(16)24-3)9-15(12-20)18(21)14-7-5-4-6-8-14/h4-11H,1-3H3/b15-9+. The van der Waals surface area contributed by atoms with Crippen molar-refractivity contribution in [1.29, 1.82) is 5.26 Å². The van der Waals surface area contributed by atoms with Gasteiger partial charge < -0.3 is 14.2 Å². The van der Waals surface area contributed by atoms with Crippen LogP contribution < -0.4 is 14.2 Å². The van der Waals surface area contributed by atoms with Crippen molar-refractivity contribution in [2.24, 2.45) is 0 Å². The van der Waals surface area contributed by atoms with Gasteiger partial charge in [-0.15, -0.1) is 0 Å². The number of ether oxygens (including phenoxy) is 3. The Kier molecular flexibility index (Phi) is 5.58. The van der Waals surface area contributed by atoms with Crippen molar-refractivity contribution >= 4 is 11.9 Å². The highest BCUT2D eigenvalue weighted by molar-refractivity contribution is 6.14. The van der Waals surface area contributed by atoms with Crippen LogP contribution in [0.15, 0.2) is 48.0 Å². The number of allylic oxidation sites excluding steroid dienone is 1. The zero-order valence-corrected chi connectivity index (χ0v) is 13.7. The molecule has 0 radical (unpaired) electrons. The first-order valence-corrected chi connectivity index (χ1v) is 7.16. The van der Waals surface area contributed by atoms with E-state index in [1.54, 1.807) is 36.4 Å². The Morgan fingerprint density at radius 2 is 1.58 bits per heavy atom. The Morgan fingerprint density at radius 1 is 1.00 bits per heavy atom. The highest BCUT2D eigenvalue weighted by Crippen LogP contribution is 2.38. The third-order valence-corrected chi connectivity index (χ3v) is 3.40. The molecule has 0 aliphatic heterocycles. The molecule has 5 heteroatoms. The van der Waals surface area contributed by atoms with Gasteiger partial charge in [-0.25, -0.2) is 0 Å². The fourth-order valence-corrected chi connectivity index (χ4v) is 2.24. The van der Waals surface area contributed by atoms with Crippen molar-refractivity contribution in [1.82, 2.24) is 0 Å². The summed E-state index contributed by atoms with van der Waals surface area (Å²) in [6.45, 7) is 0. The predicted molar refractivity (Wildman–Crippen MR) is 90.5 cm³/mol. The van der Waals surface area contributed by atoms with Gasteiger partial charge in [-0.05, 0) is 23.8 Å². The Balaban J connectivity index is 2.48. The number of nitrogens with zero attached hydrogens (tertiary/aromatic N) is 1. The van der Waals surface area contributed by atoms with Crippen LogP contribution in [0.1, 0.15) is 15.9 Å². The first-order chi connectivity index (χ1) is 11.6. The quantitative estimate of drug-likeness (QED) is 0.462. The first kappa shape index (κ1) is 17.1. The van der Waals surface area contributed by atoms with Crippen molar-refractivity contribution in [3.8, 4) is 23.3 Å². The number of carbonyl (C=O) groups excluding carboxylic acids is 1. The molecule has 2 rings (SSSR count). The summed E-state index contributed by atoms with van der Waals surface area (Å²) in [4.78, 5) is 12.4. The third-order valence-electron chi connectivity index (χ3n) is 3.40. The highest BCUT2D eigenvalue weighted by atomic mass is 16.5. The molecular formula is C19H17NO4. The summed E-state index contributed by atoms with van der Waals surface area (Å²) in [7, 11) is 4.52. The summed E-state index contributed by atoms with van der Waals surface area (Å²) in [5.74, 6) is 1.01. The molecule has 122 valence electrons. The molecule has 0 unspecified atom stereocenters. The molecule has 0 spiro atoms. The molecular weight excluding hydrogens is 306 g/mol. The van der Waals surface area contributed by atoms with Gasteiger partial charge in [-0.2, -0.15) is 5.26 Å². The van der Waals surface area contributed by atoms with Gasteiger partial charge in [-0.1, -0.05) is 30.3 Å². The SMILES string of the molecule is COc1cc(/C=C(\C#N)C(=O)c2ccccc2)cc(OC)c1OC. The zero-order valence-electron chi connectivity index (χ0n) is 13.7. The molecule has 0 amide bonds. The lowest BCUT2D eigenvalue weighted by molar-refractivity contribution is 0.104. The van der Waals surface area contributed by atoms with E-state index in [0.29, 0.717) is 28.4 Å². The maximum absolute atomic E-state index is 12.4. The molecule has 0 fully saturated rings. The van der Waals surface area contributed by atoms with Gasteiger partial charge in [0.1, 0.15) is 11.6 Å². The molecule has 0 saturated carbocycles. The second-order valence-corrected chi connectivity index (χ2v) is 4.82. The number of carbonyl (C=O) groups is 1. The lowest BCUT2D eigenvalue weighted by atomic mass is 10.0. The molecule has 0 saturated heterocycles. The van der Waals surface area contributed by atoms with E-state index in [1.807, 2.05) is 12.1 Å². The van der Waals surface area contributed by atoms with Crippen LogP contribution >= 0.6 is 0 Å². The maximum Gasteiger partial charge on any atom is 0.203 e. The van der Waals surface area contributed by atoms with Crippen LogP contribution in [0.3, 0.4) is 0 Å². The van der Waals surface area contributed by atoms with Crippen molar-refractivity contribution < 1.29 is 19.0 Å². The Bertz CT molecular complexity index is 779. The van der Waals surface area contributed by atoms with Crippen LogP contribution in [0.25, 0.3) is 6.08 Å². The molecule has 0 N–H and O–H groups in total. The van der Waals surface area contributed by atoms with E-state index in [4.69, 9.17) is 14.2 Å². The Hall–Kier alpha value is -3.26. The van der Waals surface area contributed by atoms with Gasteiger partial charge in [-0.3, -0.25) is 4.79 Å². The molecule has 0 aliphatic carbocycles. The lowest BCUT2D eigenvalue weighted by Crippen LogP contribution is -2.02. The second-order valence-electron chi connectivity index (χ2n) is 4.82. The highest BCUT2D eigenvalue weighted by Gasteiger charge is 2.15. The lowest BCUT2D eigenvalue weighted by Gasteiger charge is -2.13. The van der Waals surface area contributed by atoms with Crippen LogP contribution in [0, 0.1) is 11.3 Å². The van der Waals surface area contributed by atoms with Crippen molar-refractivity contribution in [2.75, 3.05) is 21.3 Å². The van der Waals surface area contributed by atoms with Gasteiger partial charge in [0.05, 0.1) is 21.3 Å². The summed E-state index contributed by atoms with van der Waals surface area (Å²) in [5, 5.41) is 9.35. The number of hydrogen-bond donors (Lipinski definition) is 0. The monoisotopic (exact) mass is 323 g/mol. The molecule has 0 bridgehead atoms. The average molecular weight is 323 g/mol. The number of Topliss-reactive ketones (excluding diaryl/α,β-unsaturated/α-hetero) is 1. The van der Waals surface area contributed by atoms with Crippen LogP contribution in [-0.4, -0.2) is 27.1 Å². The Labute approximate surface area is 140 Å². The fraction of sp³-hybridized carbons (Fsp3) is 0.158. The van der Waals surface area contributed by atoms with Gasteiger partial charge in [0.2, 0.25) is 11.5 Å². The largest absolute Gasteiger partial charge is 0.493 e. The van der Waals surface area contributed by atoms with Crippen molar-refractivity contribution in [3.63, 3.8) is 0 Å². The minimum atomic E-state index is -0.341. The average Bonchev–Trinajstić information content (AvgIpc) is 2.65. The molecule has 0 aliphatic rings. The number of ketones is 1. The number of hydrogen-bond acceptors (Lipinski definition) is 5. The number of rotatable bonds is 6. The third kappa shape index (κ3) is 3.55. The molecule has 0 aromatic heterocycles. The van der Waals surface area contributed by atoms with Crippen LogP contribution in [0.5, 0.6) is 17.2 Å². The van der Waals surface area contributed by atoms with Gasteiger partial charge in [0.25, 0.3) is 0 Å². The van der Waals surface area contributed by atoms with Crippen molar-refractivity contribution in [2.45, 2.75) is 0 Å². The van der Waals surface area contributed by atoms with E-state index in [0.717, 1.165) is 0 Å². The topological polar surface area (TPSA) is 68.5 Å². The second kappa shape index (κ2) is 7.84. The summed E-state index contributed by atoms with van der Waals surface area (Å²) in [6, 6.07) is 14.0. The normalized spacial score (nSPS) is 10.7. The molecule has 0 heterocycles. The minimum absolute atomic E-state index is 0.0236. The van der Waals surface area contributed by atoms with Crippen LogP contribution in [0.2, 0.25) is 0 Å². The number of nitriles is 1. The summed E-state index contributed by atoms with van der Waals surface area (Å²) >= 11 is 0. The van der Waals surface area contributed by atoms with E-state index in [9.17, 15) is 10.1 Å². The van der Waals surface area contributed by atoms with Gasteiger partial charge in [0.15, 0.2) is 11.5 Å². The van der Waals surface area contributed by atoms with E-state index >= 15 is 0 Å². The summed E-state index contributed by atoms with van der Waals surface area (Å²) in [6.07, 6.45) is 1.50. The molecule has 2 aromatic carbocycles. The summed E-state index contributed by atoms with van der Waals surface area (Å²) < 4.78 is 15.8. The zero-order chi connectivity index (χ0) is 17.5. The van der Waals surface area contributed by atoms with E-state index < -0.39 is 0 Å². The predicted octanol–water partition coefficient (Wildman–Crippen LogP) is 3.50. The number of methoxy groups -OCH3 is 3. The fourth-order valence-electron chi connectivity index (χ4n) is 2.24. The minimum Gasteiger partial charge on any atom is -0.493 e. The van der Waals surface area contributed by atoms with Crippen LogP contribution in [-0.2, 0) is 0 Å². The smallest absolute Gasteiger partial charge is 0.203 e. The molecule has 5 nitrogen and oxygen atoms in total. The molecule has 24 heavy (non-hydrogen) atoms.